The van der Waals surface area contributed by atoms with Gasteiger partial charge in [0.1, 0.15) is 6.04 Å². The van der Waals surface area contributed by atoms with Crippen LogP contribution >= 0.6 is 22.9 Å². The topological polar surface area (TPSA) is 95.0 Å². The van der Waals surface area contributed by atoms with Crippen molar-refractivity contribution in [3.05, 3.63) is 86.8 Å². The Hall–Kier alpha value is -3.71. The van der Waals surface area contributed by atoms with Gasteiger partial charge >= 0.3 is 12.1 Å². The Bertz CT molecular complexity index is 1640. The van der Waals surface area contributed by atoms with Crippen LogP contribution in [-0.4, -0.2) is 52.9 Å². The van der Waals surface area contributed by atoms with Gasteiger partial charge in [0.25, 0.3) is 0 Å². The fourth-order valence-corrected chi connectivity index (χ4v) is 6.05. The zero-order chi connectivity index (χ0) is 30.9. The van der Waals surface area contributed by atoms with Crippen molar-refractivity contribution in [3.8, 4) is 16.8 Å². The molecule has 0 spiro atoms. The number of benzene rings is 2. The van der Waals surface area contributed by atoms with Gasteiger partial charge in [-0.3, -0.25) is 4.79 Å². The maximum atomic E-state index is 14.7. The first-order chi connectivity index (χ1) is 20.5. The number of thiophene rings is 1. The van der Waals surface area contributed by atoms with Crippen molar-refractivity contribution in [3.63, 3.8) is 0 Å². The summed E-state index contributed by atoms with van der Waals surface area (Å²) in [6.45, 7) is 3.72. The molecule has 3 heterocycles. The van der Waals surface area contributed by atoms with E-state index >= 15 is 0 Å². The number of hydrogen-bond donors (Lipinski definition) is 1. The third-order valence-corrected chi connectivity index (χ3v) is 8.11. The maximum Gasteiger partial charge on any atom is 0.419 e. The number of esters is 1. The lowest BCUT2D eigenvalue weighted by Crippen LogP contribution is -2.34. The Morgan fingerprint density at radius 2 is 1.93 bits per heavy atom. The van der Waals surface area contributed by atoms with Crippen LogP contribution in [-0.2, 0) is 20.7 Å². The molecule has 13 heteroatoms. The van der Waals surface area contributed by atoms with E-state index in [1.54, 1.807) is 33.2 Å². The molecule has 2 aromatic heterocycles. The third kappa shape index (κ3) is 6.62. The van der Waals surface area contributed by atoms with Crippen molar-refractivity contribution in [2.24, 2.45) is 10.7 Å². The number of rotatable bonds is 9. The van der Waals surface area contributed by atoms with Gasteiger partial charge in [0.05, 0.1) is 34.9 Å². The van der Waals surface area contributed by atoms with Crippen LogP contribution in [0.3, 0.4) is 0 Å². The first-order valence-electron chi connectivity index (χ1n) is 13.4. The monoisotopic (exact) mass is 631 g/mol. The molecule has 5 rings (SSSR count). The van der Waals surface area contributed by atoms with Crippen LogP contribution in [0.2, 0.25) is 5.02 Å². The van der Waals surface area contributed by atoms with Crippen LogP contribution in [0.25, 0.3) is 16.8 Å². The third-order valence-electron chi connectivity index (χ3n) is 6.87. The van der Waals surface area contributed by atoms with Gasteiger partial charge in [0.15, 0.2) is 12.3 Å². The van der Waals surface area contributed by atoms with E-state index in [2.05, 4.69) is 10.1 Å². The highest BCUT2D eigenvalue weighted by molar-refractivity contribution is 7.11. The lowest BCUT2D eigenvalue weighted by molar-refractivity contribution is -0.248. The number of nitrogens with zero attached hydrogens (tertiary/aromatic N) is 4. The molecule has 0 aliphatic carbocycles. The highest BCUT2D eigenvalue weighted by Crippen LogP contribution is 2.49. The van der Waals surface area contributed by atoms with Gasteiger partial charge < -0.3 is 20.1 Å². The van der Waals surface area contributed by atoms with Crippen molar-refractivity contribution < 1.29 is 27.4 Å². The SMILES string of the molecule is CCOC(=O)[C@@H](N)Cc1ccc(-c2csc3c2N=CN(C)C3O[C@H](c2ccc(Cl)cc2-n2ccc(C)n2)C(F)(F)F)cc1. The minimum atomic E-state index is -4.75. The van der Waals surface area contributed by atoms with Crippen molar-refractivity contribution in [2.45, 2.75) is 44.8 Å². The zero-order valence-corrected chi connectivity index (χ0v) is 25.1. The molecule has 4 aromatic rings. The molecule has 1 aliphatic heterocycles. The quantitative estimate of drug-likeness (QED) is 0.202. The first kappa shape index (κ1) is 30.7. The molecule has 1 aliphatic rings. The first-order valence-corrected chi connectivity index (χ1v) is 14.6. The molecule has 2 N–H and O–H groups in total. The number of fused-ring (bicyclic) bond motifs is 1. The summed E-state index contributed by atoms with van der Waals surface area (Å²) in [6.07, 6.45) is -4.75. The number of alkyl halides is 3. The molecule has 43 heavy (non-hydrogen) atoms. The fourth-order valence-electron chi connectivity index (χ4n) is 4.78. The van der Waals surface area contributed by atoms with E-state index in [9.17, 15) is 18.0 Å². The van der Waals surface area contributed by atoms with Crippen molar-refractivity contribution in [1.29, 1.82) is 0 Å². The number of aryl methyl sites for hydroxylation is 1. The van der Waals surface area contributed by atoms with Gasteiger partial charge in [-0.1, -0.05) is 41.9 Å². The van der Waals surface area contributed by atoms with Crippen molar-refractivity contribution in [2.75, 3.05) is 13.7 Å². The largest absolute Gasteiger partial charge is 0.465 e. The van der Waals surface area contributed by atoms with Gasteiger partial charge in [-0.15, -0.1) is 11.3 Å². The molecule has 0 amide bonds. The van der Waals surface area contributed by atoms with Crippen molar-refractivity contribution >= 4 is 40.9 Å². The summed E-state index contributed by atoms with van der Waals surface area (Å²) >= 11 is 7.45. The van der Waals surface area contributed by atoms with Crippen LogP contribution in [0.4, 0.5) is 18.9 Å². The highest BCUT2D eigenvalue weighted by Gasteiger charge is 2.46. The molecule has 3 atom stereocenters. The van der Waals surface area contributed by atoms with Gasteiger partial charge in [0, 0.05) is 34.8 Å². The number of ether oxygens (including phenoxy) is 2. The van der Waals surface area contributed by atoms with Gasteiger partial charge in [-0.2, -0.15) is 18.3 Å². The second-order valence-corrected chi connectivity index (χ2v) is 11.4. The number of aliphatic imine (C=N–C) groups is 1. The van der Waals surface area contributed by atoms with Crippen LogP contribution in [0, 0.1) is 6.92 Å². The Morgan fingerprint density at radius 3 is 2.58 bits per heavy atom. The molecule has 0 radical (unpaired) electrons. The Morgan fingerprint density at radius 1 is 1.19 bits per heavy atom. The average molecular weight is 632 g/mol. The molecular formula is C30H29ClF3N5O3S. The Labute approximate surface area is 255 Å². The van der Waals surface area contributed by atoms with E-state index in [0.29, 0.717) is 22.7 Å². The molecule has 0 fully saturated rings. The Kier molecular flexibility index (Phi) is 8.93. The maximum absolute atomic E-state index is 14.7. The molecule has 226 valence electrons. The number of nitrogens with two attached hydrogens (primary N) is 1. The van der Waals surface area contributed by atoms with E-state index in [1.807, 2.05) is 29.6 Å². The minimum Gasteiger partial charge on any atom is -0.465 e. The molecular weight excluding hydrogens is 603 g/mol. The van der Waals surface area contributed by atoms with Crippen LogP contribution in [0.1, 0.15) is 41.0 Å². The van der Waals surface area contributed by atoms with Gasteiger partial charge in [0.2, 0.25) is 0 Å². The normalized spacial score (nSPS) is 16.2. The predicted octanol–water partition coefficient (Wildman–Crippen LogP) is 6.92. The number of carbonyl (C=O) groups is 1. The fraction of sp³-hybridized carbons (Fsp3) is 0.300. The summed E-state index contributed by atoms with van der Waals surface area (Å²) in [5.41, 5.74) is 9.58. The number of halogens is 4. The molecule has 0 saturated carbocycles. The Balaban J connectivity index is 1.45. The number of aromatic nitrogens is 2. The summed E-state index contributed by atoms with van der Waals surface area (Å²) in [6, 6.07) is 12.5. The lowest BCUT2D eigenvalue weighted by atomic mass is 10.0. The van der Waals surface area contributed by atoms with Gasteiger partial charge in [-0.25, -0.2) is 9.67 Å². The smallest absolute Gasteiger partial charge is 0.419 e. The zero-order valence-electron chi connectivity index (χ0n) is 23.5. The van der Waals surface area contributed by atoms with Crippen LogP contribution in [0.15, 0.2) is 65.1 Å². The molecule has 8 nitrogen and oxygen atoms in total. The van der Waals surface area contributed by atoms with Gasteiger partial charge in [-0.05, 0) is 49.6 Å². The number of carbonyl (C=O) groups excluding carboxylic acids is 1. The van der Waals surface area contributed by atoms with E-state index in [4.69, 9.17) is 26.8 Å². The van der Waals surface area contributed by atoms with Crippen molar-refractivity contribution in [1.82, 2.24) is 14.7 Å². The predicted molar refractivity (Wildman–Crippen MR) is 160 cm³/mol. The van der Waals surface area contributed by atoms with E-state index < -0.39 is 30.5 Å². The summed E-state index contributed by atoms with van der Waals surface area (Å²) < 4.78 is 56.3. The summed E-state index contributed by atoms with van der Waals surface area (Å²) in [5, 5.41) is 6.42. The molecule has 0 bridgehead atoms. The summed E-state index contributed by atoms with van der Waals surface area (Å²) in [4.78, 5) is 18.5. The summed E-state index contributed by atoms with van der Waals surface area (Å²) in [5.74, 6) is -0.467. The van der Waals surface area contributed by atoms with E-state index in [0.717, 1.165) is 16.7 Å². The summed E-state index contributed by atoms with van der Waals surface area (Å²) in [7, 11) is 1.62. The second kappa shape index (κ2) is 12.5. The average Bonchev–Trinajstić information content (AvgIpc) is 3.59. The molecule has 2 aromatic carbocycles. The van der Waals surface area contributed by atoms with Crippen LogP contribution in [0.5, 0.6) is 0 Å². The lowest BCUT2D eigenvalue weighted by Gasteiger charge is -2.33. The van der Waals surface area contributed by atoms with Crippen LogP contribution < -0.4 is 5.73 Å². The second-order valence-electron chi connectivity index (χ2n) is 10.0. The standard InChI is InChI=1S/C30H29ClF3N5O3S/c1-4-41-29(40)23(35)13-18-5-7-19(8-6-18)22-15-43-26-25(22)36-16-38(3)28(26)42-27(30(32,33)34)21-10-9-20(31)14-24(21)39-12-11-17(2)37-39/h5-12,14-16,23,27-28H,4,13,35H2,1-3H3/t23-,27+,28?/m0/s1. The highest BCUT2D eigenvalue weighted by atomic mass is 35.5. The van der Waals surface area contributed by atoms with E-state index in [1.165, 1.54) is 45.5 Å². The van der Waals surface area contributed by atoms with E-state index in [-0.39, 0.29) is 22.9 Å². The molecule has 0 saturated heterocycles. The minimum absolute atomic E-state index is 0.120. The number of hydrogen-bond acceptors (Lipinski definition) is 8. The molecule has 1 unspecified atom stereocenters.